The predicted molar refractivity (Wildman–Crippen MR) is 72.0 cm³/mol. The average molecular weight is 241 g/mol. The lowest BCUT2D eigenvalue weighted by atomic mass is 10.1. The molecule has 0 saturated carbocycles. The largest absolute Gasteiger partial charge is 0.141 e. The maximum atomic E-state index is 6.50. The van der Waals surface area contributed by atoms with Gasteiger partial charge in [0.2, 0.25) is 0 Å². The molecular weight excluding hydrogens is 224 g/mol. The minimum atomic E-state index is -1.13. The summed E-state index contributed by atoms with van der Waals surface area (Å²) in [4.78, 5) is 1.36. The van der Waals surface area contributed by atoms with Crippen molar-refractivity contribution in [1.82, 2.24) is 0 Å². The van der Waals surface area contributed by atoms with Gasteiger partial charge in [-0.2, -0.15) is 0 Å². The van der Waals surface area contributed by atoms with E-state index < -0.39 is 9.24 Å². The van der Waals surface area contributed by atoms with Crippen molar-refractivity contribution in [3.8, 4) is 0 Å². The highest BCUT2D eigenvalue weighted by Crippen LogP contribution is 2.57. The van der Waals surface area contributed by atoms with Crippen molar-refractivity contribution >= 4 is 25.5 Å². The van der Waals surface area contributed by atoms with Crippen LogP contribution in [0.4, 0.5) is 0 Å². The molecule has 2 heteroatoms. The van der Waals surface area contributed by atoms with E-state index in [2.05, 4.69) is 44.6 Å². The SMILES string of the molecule is CC1=C(C)c2cccc(S(C)(C)Cl)c2C1. The molecule has 0 nitrogen and oxygen atoms in total. The molecule has 0 spiro atoms. The van der Waals surface area contributed by atoms with Crippen LogP contribution in [0.1, 0.15) is 25.0 Å². The van der Waals surface area contributed by atoms with E-state index in [4.69, 9.17) is 10.7 Å². The van der Waals surface area contributed by atoms with Crippen LogP contribution in [-0.2, 0) is 6.42 Å². The number of rotatable bonds is 1. The van der Waals surface area contributed by atoms with Gasteiger partial charge in [-0.05, 0) is 55.5 Å². The van der Waals surface area contributed by atoms with Gasteiger partial charge in [0.15, 0.2) is 0 Å². The molecular formula is C13H17ClS. The fourth-order valence-corrected chi connectivity index (χ4v) is 3.79. The van der Waals surface area contributed by atoms with Gasteiger partial charge in [0.25, 0.3) is 0 Å². The van der Waals surface area contributed by atoms with Gasteiger partial charge in [0, 0.05) is 4.90 Å². The smallest absolute Gasteiger partial charge is 0.00662 e. The zero-order chi connectivity index (χ0) is 11.2. The van der Waals surface area contributed by atoms with Crippen LogP contribution in [0.5, 0.6) is 0 Å². The van der Waals surface area contributed by atoms with Crippen LogP contribution in [0.3, 0.4) is 0 Å². The number of allylic oxidation sites excluding steroid dienone is 2. The van der Waals surface area contributed by atoms with Gasteiger partial charge < -0.3 is 0 Å². The Morgan fingerprint density at radius 2 is 1.87 bits per heavy atom. The summed E-state index contributed by atoms with van der Waals surface area (Å²) >= 11 is 0. The van der Waals surface area contributed by atoms with E-state index >= 15 is 0 Å². The molecule has 0 aliphatic heterocycles. The van der Waals surface area contributed by atoms with Crippen molar-refractivity contribution in [1.29, 1.82) is 0 Å². The van der Waals surface area contributed by atoms with Gasteiger partial charge in [-0.25, -0.2) is 0 Å². The highest BCUT2D eigenvalue weighted by atomic mass is 35.7. The third-order valence-corrected chi connectivity index (χ3v) is 5.07. The Balaban J connectivity index is 2.60. The predicted octanol–water partition coefficient (Wildman–Crippen LogP) is 4.61. The Bertz CT molecular complexity index is 438. The number of benzene rings is 1. The van der Waals surface area contributed by atoms with Gasteiger partial charge in [0.05, 0.1) is 0 Å². The molecule has 0 unspecified atom stereocenters. The number of hydrogen-bond donors (Lipinski definition) is 0. The van der Waals surface area contributed by atoms with Gasteiger partial charge in [-0.1, -0.05) is 28.4 Å². The van der Waals surface area contributed by atoms with Crippen LogP contribution in [0.25, 0.3) is 5.57 Å². The van der Waals surface area contributed by atoms with Crippen molar-refractivity contribution < 1.29 is 0 Å². The molecule has 1 aliphatic rings. The van der Waals surface area contributed by atoms with Crippen molar-refractivity contribution in [2.75, 3.05) is 12.5 Å². The second-order valence-electron chi connectivity index (χ2n) is 4.57. The monoisotopic (exact) mass is 240 g/mol. The van der Waals surface area contributed by atoms with Crippen molar-refractivity contribution in [3.63, 3.8) is 0 Å². The van der Waals surface area contributed by atoms with E-state index in [1.807, 2.05) is 0 Å². The Hall–Kier alpha value is -0.400. The van der Waals surface area contributed by atoms with Crippen LogP contribution >= 0.6 is 19.9 Å². The van der Waals surface area contributed by atoms with E-state index in [9.17, 15) is 0 Å². The molecule has 0 N–H and O–H groups in total. The van der Waals surface area contributed by atoms with Crippen molar-refractivity contribution in [3.05, 3.63) is 34.9 Å². The molecule has 0 amide bonds. The zero-order valence-corrected chi connectivity index (χ0v) is 11.3. The number of halogens is 1. The van der Waals surface area contributed by atoms with E-state index in [-0.39, 0.29) is 0 Å². The Morgan fingerprint density at radius 1 is 1.20 bits per heavy atom. The molecule has 0 atom stereocenters. The molecule has 0 saturated heterocycles. The van der Waals surface area contributed by atoms with Crippen LogP contribution < -0.4 is 0 Å². The zero-order valence-electron chi connectivity index (χ0n) is 9.73. The maximum Gasteiger partial charge on any atom is 0.00662 e. The first-order chi connectivity index (χ1) is 6.91. The average Bonchev–Trinajstić information content (AvgIpc) is 2.41. The highest BCUT2D eigenvalue weighted by molar-refractivity contribution is 8.50. The Kier molecular flexibility index (Phi) is 2.64. The fourth-order valence-electron chi connectivity index (χ4n) is 2.18. The molecule has 1 aliphatic carbocycles. The number of hydrogen-bond acceptors (Lipinski definition) is 0. The van der Waals surface area contributed by atoms with Crippen LogP contribution in [-0.4, -0.2) is 12.5 Å². The Morgan fingerprint density at radius 3 is 2.47 bits per heavy atom. The van der Waals surface area contributed by atoms with Gasteiger partial charge >= 0.3 is 0 Å². The lowest BCUT2D eigenvalue weighted by molar-refractivity contribution is 1.13. The lowest BCUT2D eigenvalue weighted by Crippen LogP contribution is -1.95. The molecule has 0 aromatic heterocycles. The topological polar surface area (TPSA) is 0 Å². The van der Waals surface area contributed by atoms with Crippen molar-refractivity contribution in [2.24, 2.45) is 0 Å². The molecule has 15 heavy (non-hydrogen) atoms. The molecule has 1 aromatic carbocycles. The summed E-state index contributed by atoms with van der Waals surface area (Å²) in [7, 11) is 5.37. The van der Waals surface area contributed by atoms with Gasteiger partial charge in [0.1, 0.15) is 0 Å². The summed E-state index contributed by atoms with van der Waals surface area (Å²) in [5.74, 6) is 0. The quantitative estimate of drug-likeness (QED) is 0.672. The van der Waals surface area contributed by atoms with E-state index in [0.29, 0.717) is 0 Å². The number of fused-ring (bicyclic) bond motifs is 1. The molecule has 0 fully saturated rings. The summed E-state index contributed by atoms with van der Waals surface area (Å²) in [6, 6.07) is 6.53. The van der Waals surface area contributed by atoms with E-state index in [0.717, 1.165) is 6.42 Å². The van der Waals surface area contributed by atoms with Gasteiger partial charge in [-0.3, -0.25) is 0 Å². The van der Waals surface area contributed by atoms with Gasteiger partial charge in [-0.15, -0.1) is 9.24 Å². The van der Waals surface area contributed by atoms with E-state index in [1.54, 1.807) is 0 Å². The summed E-state index contributed by atoms with van der Waals surface area (Å²) in [5.41, 5.74) is 5.79. The van der Waals surface area contributed by atoms with E-state index in [1.165, 1.54) is 27.2 Å². The third kappa shape index (κ3) is 1.83. The minimum Gasteiger partial charge on any atom is -0.141 e. The molecule has 0 heterocycles. The summed E-state index contributed by atoms with van der Waals surface area (Å²) in [5, 5.41) is 0. The lowest BCUT2D eigenvalue weighted by Gasteiger charge is -2.25. The second kappa shape index (κ2) is 3.57. The molecule has 1 aromatic rings. The van der Waals surface area contributed by atoms with Crippen molar-refractivity contribution in [2.45, 2.75) is 25.2 Å². The molecule has 2 rings (SSSR count). The van der Waals surface area contributed by atoms with Crippen LogP contribution in [0, 0.1) is 0 Å². The fraction of sp³-hybridized carbons (Fsp3) is 0.385. The maximum absolute atomic E-state index is 6.50. The minimum absolute atomic E-state index is 1.08. The summed E-state index contributed by atoms with van der Waals surface area (Å²) in [6.45, 7) is 4.43. The summed E-state index contributed by atoms with van der Waals surface area (Å²) < 4.78 is 0. The van der Waals surface area contributed by atoms with Crippen LogP contribution in [0.15, 0.2) is 28.7 Å². The standard InChI is InChI=1S/C13H17ClS/c1-9-8-12-11(10(9)2)6-5-7-13(12)15(3,4)14/h5-7H,8H2,1-4H3. The third-order valence-electron chi connectivity index (χ3n) is 3.14. The summed E-state index contributed by atoms with van der Waals surface area (Å²) in [6.07, 6.45) is 5.38. The first-order valence-corrected chi connectivity index (χ1v) is 8.40. The molecule has 0 radical (unpaired) electrons. The first-order valence-electron chi connectivity index (χ1n) is 5.13. The highest BCUT2D eigenvalue weighted by Gasteiger charge is 2.23. The first kappa shape index (κ1) is 11.1. The van der Waals surface area contributed by atoms with Crippen LogP contribution in [0.2, 0.25) is 0 Å². The normalized spacial score (nSPS) is 16.9. The second-order valence-corrected chi connectivity index (χ2v) is 9.73. The molecule has 0 bridgehead atoms. The molecule has 82 valence electrons. The Labute approximate surface area is 98.2 Å².